The number of aliphatic hydroxyl groups is 1. The van der Waals surface area contributed by atoms with Gasteiger partial charge in [0.1, 0.15) is 5.82 Å². The molecule has 0 spiro atoms. The summed E-state index contributed by atoms with van der Waals surface area (Å²) in [6.07, 6.45) is 1.88. The summed E-state index contributed by atoms with van der Waals surface area (Å²) >= 11 is 0. The number of hydrogen-bond acceptors (Lipinski definition) is 2. The molecular formula is C14H22FNO. The Morgan fingerprint density at radius 1 is 1.41 bits per heavy atom. The van der Waals surface area contributed by atoms with Gasteiger partial charge < -0.3 is 10.4 Å². The highest BCUT2D eigenvalue weighted by Gasteiger charge is 2.06. The zero-order valence-electron chi connectivity index (χ0n) is 10.7. The molecule has 0 fully saturated rings. The minimum Gasteiger partial charge on any atom is -0.396 e. The minimum atomic E-state index is -0.185. The molecule has 0 aromatic heterocycles. The quantitative estimate of drug-likeness (QED) is 0.766. The van der Waals surface area contributed by atoms with Gasteiger partial charge in [-0.25, -0.2) is 4.39 Å². The second-order valence-corrected chi connectivity index (χ2v) is 4.49. The number of aryl methyl sites for hydroxylation is 1. The smallest absolute Gasteiger partial charge is 0.123 e. The highest BCUT2D eigenvalue weighted by molar-refractivity contribution is 5.26. The minimum absolute atomic E-state index is 0.185. The number of benzene rings is 1. The molecule has 1 unspecified atom stereocenters. The summed E-state index contributed by atoms with van der Waals surface area (Å²) in [4.78, 5) is 0. The summed E-state index contributed by atoms with van der Waals surface area (Å²) in [5.41, 5.74) is 2.11. The molecule has 0 saturated carbocycles. The van der Waals surface area contributed by atoms with Gasteiger partial charge in [0.05, 0.1) is 0 Å². The normalized spacial score (nSPS) is 12.7. The molecule has 1 aromatic carbocycles. The first-order chi connectivity index (χ1) is 8.17. The molecule has 96 valence electrons. The first-order valence-electron chi connectivity index (χ1n) is 6.24. The van der Waals surface area contributed by atoms with Gasteiger partial charge in [0.25, 0.3) is 0 Å². The van der Waals surface area contributed by atoms with E-state index >= 15 is 0 Å². The van der Waals surface area contributed by atoms with Crippen LogP contribution in [0.15, 0.2) is 18.2 Å². The SMILES string of the molecule is CCC(CCO)CNCc1cc(F)ccc1C. The van der Waals surface area contributed by atoms with Crippen molar-refractivity contribution in [3.63, 3.8) is 0 Å². The Kier molecular flexibility index (Phi) is 6.16. The Labute approximate surface area is 103 Å². The molecule has 0 amide bonds. The molecule has 2 N–H and O–H groups in total. The van der Waals surface area contributed by atoms with Crippen molar-refractivity contribution in [1.82, 2.24) is 5.32 Å². The zero-order valence-corrected chi connectivity index (χ0v) is 10.7. The molecule has 2 nitrogen and oxygen atoms in total. The van der Waals surface area contributed by atoms with Crippen LogP contribution in [0, 0.1) is 18.7 Å². The van der Waals surface area contributed by atoms with E-state index in [0.717, 1.165) is 30.5 Å². The summed E-state index contributed by atoms with van der Waals surface area (Å²) in [7, 11) is 0. The van der Waals surface area contributed by atoms with Crippen LogP contribution < -0.4 is 5.32 Å². The van der Waals surface area contributed by atoms with Gasteiger partial charge in [-0.05, 0) is 49.1 Å². The summed E-state index contributed by atoms with van der Waals surface area (Å²) in [6, 6.07) is 4.87. The third kappa shape index (κ3) is 4.84. The van der Waals surface area contributed by atoms with Gasteiger partial charge in [-0.15, -0.1) is 0 Å². The monoisotopic (exact) mass is 239 g/mol. The summed E-state index contributed by atoms with van der Waals surface area (Å²) in [5, 5.41) is 12.2. The molecule has 0 aliphatic rings. The molecule has 0 saturated heterocycles. The van der Waals surface area contributed by atoms with Crippen LogP contribution in [0.3, 0.4) is 0 Å². The van der Waals surface area contributed by atoms with Gasteiger partial charge >= 0.3 is 0 Å². The van der Waals surface area contributed by atoms with Crippen LogP contribution in [0.2, 0.25) is 0 Å². The van der Waals surface area contributed by atoms with Crippen LogP contribution in [0.5, 0.6) is 0 Å². The third-order valence-electron chi connectivity index (χ3n) is 3.17. The summed E-state index contributed by atoms with van der Waals surface area (Å²) in [5.74, 6) is 0.309. The summed E-state index contributed by atoms with van der Waals surface area (Å²) in [6.45, 7) is 5.90. The molecule has 0 bridgehead atoms. The fourth-order valence-corrected chi connectivity index (χ4v) is 1.87. The lowest BCUT2D eigenvalue weighted by Crippen LogP contribution is -2.23. The molecule has 1 atom stereocenters. The number of halogens is 1. The fourth-order valence-electron chi connectivity index (χ4n) is 1.87. The van der Waals surface area contributed by atoms with Crippen molar-refractivity contribution in [2.75, 3.05) is 13.2 Å². The van der Waals surface area contributed by atoms with E-state index in [-0.39, 0.29) is 12.4 Å². The fraction of sp³-hybridized carbons (Fsp3) is 0.571. The summed E-state index contributed by atoms with van der Waals surface area (Å²) < 4.78 is 13.1. The van der Waals surface area contributed by atoms with Gasteiger partial charge in [-0.2, -0.15) is 0 Å². The van der Waals surface area contributed by atoms with Crippen molar-refractivity contribution in [3.05, 3.63) is 35.1 Å². The van der Waals surface area contributed by atoms with Crippen LogP contribution in [0.1, 0.15) is 30.9 Å². The van der Waals surface area contributed by atoms with Crippen LogP contribution in [-0.2, 0) is 6.54 Å². The highest BCUT2D eigenvalue weighted by atomic mass is 19.1. The predicted molar refractivity (Wildman–Crippen MR) is 68.3 cm³/mol. The molecule has 0 heterocycles. The van der Waals surface area contributed by atoms with Crippen LogP contribution in [0.4, 0.5) is 4.39 Å². The Morgan fingerprint density at radius 2 is 2.18 bits per heavy atom. The lowest BCUT2D eigenvalue weighted by molar-refractivity contribution is 0.251. The maximum atomic E-state index is 13.1. The van der Waals surface area contributed by atoms with Crippen molar-refractivity contribution < 1.29 is 9.50 Å². The van der Waals surface area contributed by atoms with Crippen molar-refractivity contribution in [3.8, 4) is 0 Å². The Hall–Kier alpha value is -0.930. The van der Waals surface area contributed by atoms with E-state index in [2.05, 4.69) is 12.2 Å². The van der Waals surface area contributed by atoms with E-state index in [1.54, 1.807) is 12.1 Å². The molecule has 17 heavy (non-hydrogen) atoms. The van der Waals surface area contributed by atoms with Crippen molar-refractivity contribution in [1.29, 1.82) is 0 Å². The Morgan fingerprint density at radius 3 is 2.82 bits per heavy atom. The van der Waals surface area contributed by atoms with E-state index in [9.17, 15) is 4.39 Å². The predicted octanol–water partition coefficient (Wildman–Crippen LogP) is 2.63. The average molecular weight is 239 g/mol. The van der Waals surface area contributed by atoms with E-state index in [1.165, 1.54) is 6.07 Å². The maximum absolute atomic E-state index is 13.1. The third-order valence-corrected chi connectivity index (χ3v) is 3.17. The van der Waals surface area contributed by atoms with Crippen LogP contribution in [-0.4, -0.2) is 18.3 Å². The van der Waals surface area contributed by atoms with Gasteiger partial charge in [0.15, 0.2) is 0 Å². The van der Waals surface area contributed by atoms with Crippen LogP contribution >= 0.6 is 0 Å². The first-order valence-corrected chi connectivity index (χ1v) is 6.24. The first kappa shape index (κ1) is 14.1. The van der Waals surface area contributed by atoms with Gasteiger partial charge in [-0.3, -0.25) is 0 Å². The topological polar surface area (TPSA) is 32.3 Å². The molecule has 0 radical (unpaired) electrons. The average Bonchev–Trinajstić information content (AvgIpc) is 2.32. The number of rotatable bonds is 7. The van der Waals surface area contributed by atoms with E-state index in [0.29, 0.717) is 12.5 Å². The van der Waals surface area contributed by atoms with Crippen molar-refractivity contribution >= 4 is 0 Å². The number of nitrogens with one attached hydrogen (secondary N) is 1. The Balaban J connectivity index is 2.42. The highest BCUT2D eigenvalue weighted by Crippen LogP contribution is 2.11. The second kappa shape index (κ2) is 7.41. The molecule has 1 rings (SSSR count). The van der Waals surface area contributed by atoms with Crippen molar-refractivity contribution in [2.24, 2.45) is 5.92 Å². The standard InChI is InChI=1S/C14H22FNO/c1-3-12(6-7-17)9-16-10-13-8-14(15)5-4-11(13)2/h4-5,8,12,16-17H,3,6-7,9-10H2,1-2H3. The van der Waals surface area contributed by atoms with Gasteiger partial charge in [0, 0.05) is 13.2 Å². The van der Waals surface area contributed by atoms with E-state index in [1.807, 2.05) is 6.92 Å². The van der Waals surface area contributed by atoms with E-state index in [4.69, 9.17) is 5.11 Å². The molecule has 1 aromatic rings. The van der Waals surface area contributed by atoms with Crippen LogP contribution in [0.25, 0.3) is 0 Å². The molecular weight excluding hydrogens is 217 g/mol. The zero-order chi connectivity index (χ0) is 12.7. The number of aliphatic hydroxyl groups excluding tert-OH is 1. The molecule has 0 aliphatic heterocycles. The number of hydrogen-bond donors (Lipinski definition) is 2. The van der Waals surface area contributed by atoms with Gasteiger partial charge in [-0.1, -0.05) is 19.4 Å². The lowest BCUT2D eigenvalue weighted by Gasteiger charge is -2.15. The maximum Gasteiger partial charge on any atom is 0.123 e. The Bertz CT molecular complexity index is 341. The van der Waals surface area contributed by atoms with Gasteiger partial charge in [0.2, 0.25) is 0 Å². The molecule has 0 aliphatic carbocycles. The largest absolute Gasteiger partial charge is 0.396 e. The molecule has 3 heteroatoms. The van der Waals surface area contributed by atoms with Crippen molar-refractivity contribution in [2.45, 2.75) is 33.2 Å². The second-order valence-electron chi connectivity index (χ2n) is 4.49. The lowest BCUT2D eigenvalue weighted by atomic mass is 10.0. The van der Waals surface area contributed by atoms with E-state index < -0.39 is 0 Å².